The first-order chi connectivity index (χ1) is 65.3. The molecule has 20 aromatic rings. The summed E-state index contributed by atoms with van der Waals surface area (Å²) in [5.74, 6) is 0.469. The predicted molar refractivity (Wildman–Crippen MR) is 550 cm³/mol. The Labute approximate surface area is 784 Å². The molecule has 0 amide bonds. The van der Waals surface area contributed by atoms with E-state index in [1.807, 2.05) is 36.4 Å². The minimum atomic E-state index is -0.00641. The Morgan fingerprint density at radius 3 is 0.773 bits per heavy atom. The SMILES string of the molecule is Clc1ccc(-c2ccccc2)cc1N(c1ccccc1)c1cc(-c2cccc3c2C2c4ccccc4C3c3ccccc32)cc(N(c2ccccc2)c2cc(-c3ccccc3)ccc2Cl)c1Cl.c1ccc(-c2ccc3c(c2)N(c2ccccc2)c2cc(-c4cccc5c4C4c6ccccc6C5c5ccccc54)cc4c2C3c2ccc(-c3ccccc3)cc2N4c2ccccc2)cc1. The van der Waals surface area contributed by atoms with Crippen LogP contribution in [-0.4, -0.2) is 0 Å². The minimum absolute atomic E-state index is 0.00641. The molecule has 4 nitrogen and oxygen atoms in total. The van der Waals surface area contributed by atoms with Gasteiger partial charge in [-0.2, -0.15) is 0 Å². The van der Waals surface area contributed by atoms with E-state index in [-0.39, 0.29) is 29.6 Å². The van der Waals surface area contributed by atoms with Crippen molar-refractivity contribution >= 4 is 103 Å². The Kier molecular flexibility index (Phi) is 19.4. The van der Waals surface area contributed by atoms with Gasteiger partial charge >= 0.3 is 0 Å². The molecule has 624 valence electrons. The minimum Gasteiger partial charge on any atom is -0.310 e. The molecule has 0 fully saturated rings. The van der Waals surface area contributed by atoms with E-state index in [9.17, 15) is 0 Å². The zero-order valence-electron chi connectivity index (χ0n) is 71.8. The maximum Gasteiger partial charge on any atom is 0.0887 e. The predicted octanol–water partition coefficient (Wildman–Crippen LogP) is 35.0. The number of rotatable bonds is 14. The van der Waals surface area contributed by atoms with Crippen molar-refractivity contribution in [2.75, 3.05) is 19.6 Å². The highest BCUT2D eigenvalue weighted by atomic mass is 35.5. The lowest BCUT2D eigenvalue weighted by Crippen LogP contribution is -2.30. The molecule has 8 aliphatic rings. The van der Waals surface area contributed by atoms with Crippen LogP contribution in [0.2, 0.25) is 15.1 Å². The molecule has 6 aliphatic carbocycles. The molecular weight excluding hydrogens is 1660 g/mol. The van der Waals surface area contributed by atoms with Crippen molar-refractivity contribution in [3.8, 4) is 66.8 Å². The summed E-state index contributed by atoms with van der Waals surface area (Å²) in [4.78, 5) is 9.53. The third-order valence-corrected chi connectivity index (χ3v) is 29.0. The van der Waals surface area contributed by atoms with Gasteiger partial charge in [-0.05, 0) is 254 Å². The molecule has 2 aliphatic heterocycles. The van der Waals surface area contributed by atoms with Gasteiger partial charge in [0.15, 0.2) is 0 Å². The lowest BCUT2D eigenvalue weighted by Gasteiger charge is -2.46. The van der Waals surface area contributed by atoms with Gasteiger partial charge in [0.25, 0.3) is 0 Å². The topological polar surface area (TPSA) is 13.0 Å². The smallest absolute Gasteiger partial charge is 0.0887 e. The normalized spacial score (nSPS) is 15.0. The summed E-state index contributed by atoms with van der Waals surface area (Å²) in [5.41, 5.74) is 46.5. The van der Waals surface area contributed by atoms with Crippen molar-refractivity contribution in [3.63, 3.8) is 0 Å². The van der Waals surface area contributed by atoms with Gasteiger partial charge in [0, 0.05) is 57.9 Å². The molecule has 0 N–H and O–H groups in total. The lowest BCUT2D eigenvalue weighted by atomic mass is 9.60. The van der Waals surface area contributed by atoms with Crippen molar-refractivity contribution in [1.82, 2.24) is 0 Å². The van der Waals surface area contributed by atoms with Crippen LogP contribution in [0, 0.1) is 0 Å². The zero-order chi connectivity index (χ0) is 87.6. The van der Waals surface area contributed by atoms with Crippen LogP contribution >= 0.6 is 34.8 Å². The number of fused-ring (bicyclic) bond motifs is 4. The molecule has 20 aromatic carbocycles. The summed E-state index contributed by atoms with van der Waals surface area (Å²) in [6.07, 6.45) is 0. The number of anilines is 12. The summed E-state index contributed by atoms with van der Waals surface area (Å²) in [7, 11) is 0. The monoisotopic (exact) mass is 1740 g/mol. The number of halogens is 3. The van der Waals surface area contributed by atoms with Crippen LogP contribution in [0.3, 0.4) is 0 Å². The van der Waals surface area contributed by atoms with E-state index in [0.29, 0.717) is 15.1 Å². The van der Waals surface area contributed by atoms with Crippen molar-refractivity contribution in [3.05, 3.63) is 572 Å². The molecule has 0 saturated heterocycles. The molecule has 0 unspecified atom stereocenters. The largest absolute Gasteiger partial charge is 0.310 e. The standard InChI is InChI=1S/C63H42N2.C62H41Cl3N2/c1-5-18-40(19-6-1)42-32-34-52-55(36-42)64(45-22-9-3-10-23-45)57-38-44(47-30-17-31-54-59-48-26-13-15-28-50(48)61(60(47)54)51-29-16-14-27-49(51)59)39-58-63(57)62(52)53-35-33-43(41-20-7-2-8-21-41)37-56(53)65(58)46-24-11-4-12-25-46;63-53-34-32-42(40-18-5-1-6-19-40)36-55(53)66(45-22-9-3-10-23-45)57-38-44(47-30-17-31-52-59-48-26-13-15-28-50(48)61(60(47)52)51-29-16-14-27-49(51)59)39-58(62(57)65)67(46-24-11-4-12-25-46)56-37-43(33-35-54(56)64)41-20-7-2-8-21-41/h1-39,59,61-62H;1-39,59,61H. The second-order valence-electron chi connectivity index (χ2n) is 35.1. The van der Waals surface area contributed by atoms with Crippen LogP contribution in [0.15, 0.2) is 473 Å². The van der Waals surface area contributed by atoms with E-state index in [1.165, 1.54) is 140 Å². The molecular formula is C125H83Cl3N4. The van der Waals surface area contributed by atoms with E-state index >= 15 is 0 Å². The van der Waals surface area contributed by atoms with E-state index in [1.54, 1.807) is 0 Å². The molecule has 0 atom stereocenters. The maximum atomic E-state index is 8.15. The average molecular weight is 1750 g/mol. The van der Waals surface area contributed by atoms with Crippen molar-refractivity contribution < 1.29 is 0 Å². The Hall–Kier alpha value is -15.5. The highest BCUT2D eigenvalue weighted by molar-refractivity contribution is 6.38. The number of nitrogens with zero attached hydrogens (tertiary/aromatic N) is 4. The first kappa shape index (κ1) is 78.7. The van der Waals surface area contributed by atoms with Crippen LogP contribution in [0.5, 0.6) is 0 Å². The second kappa shape index (κ2) is 32.6. The molecule has 0 spiro atoms. The van der Waals surface area contributed by atoms with Crippen molar-refractivity contribution in [2.24, 2.45) is 0 Å². The molecule has 0 saturated carbocycles. The summed E-state index contributed by atoms with van der Waals surface area (Å²) >= 11 is 22.9. The number of hydrogen-bond donors (Lipinski definition) is 0. The Bertz CT molecular complexity index is 7500. The Morgan fingerprint density at radius 1 is 0.174 bits per heavy atom. The fourth-order valence-electron chi connectivity index (χ4n) is 22.4. The summed E-state index contributed by atoms with van der Waals surface area (Å²) in [6.45, 7) is 0. The van der Waals surface area contributed by atoms with E-state index in [4.69, 9.17) is 34.8 Å². The first-order valence-electron chi connectivity index (χ1n) is 45.4. The third kappa shape index (κ3) is 13.0. The van der Waals surface area contributed by atoms with Crippen LogP contribution in [-0.2, 0) is 0 Å². The zero-order valence-corrected chi connectivity index (χ0v) is 74.1. The number of benzene rings is 20. The van der Waals surface area contributed by atoms with Crippen molar-refractivity contribution in [1.29, 1.82) is 0 Å². The Morgan fingerprint density at radius 2 is 0.432 bits per heavy atom. The molecule has 28 rings (SSSR count). The molecule has 2 heterocycles. The van der Waals surface area contributed by atoms with E-state index in [2.05, 4.69) is 456 Å². The average Bonchev–Trinajstić information content (AvgIpc) is 0.695. The van der Waals surface area contributed by atoms with Gasteiger partial charge in [0.05, 0.1) is 60.6 Å². The highest BCUT2D eigenvalue weighted by Crippen LogP contribution is 2.66. The van der Waals surface area contributed by atoms with Crippen LogP contribution in [0.1, 0.15) is 113 Å². The number of para-hydroxylation sites is 4. The molecule has 0 radical (unpaired) electrons. The fraction of sp³-hybridized carbons (Fsp3) is 0.0400. The quantitative estimate of drug-likeness (QED) is 0.108. The Balaban J connectivity index is 0.000000142. The van der Waals surface area contributed by atoms with Crippen LogP contribution in [0.4, 0.5) is 68.2 Å². The van der Waals surface area contributed by atoms with E-state index in [0.717, 1.165) is 78.9 Å². The van der Waals surface area contributed by atoms with Crippen LogP contribution in [0.25, 0.3) is 66.8 Å². The van der Waals surface area contributed by atoms with E-state index < -0.39 is 0 Å². The maximum absolute atomic E-state index is 8.15. The third-order valence-electron chi connectivity index (χ3n) is 28.0. The summed E-state index contributed by atoms with van der Waals surface area (Å²) in [6, 6.07) is 172. The first-order valence-corrected chi connectivity index (χ1v) is 46.6. The van der Waals surface area contributed by atoms with Gasteiger partial charge in [0.2, 0.25) is 0 Å². The van der Waals surface area contributed by atoms with Crippen molar-refractivity contribution in [2.45, 2.75) is 29.6 Å². The molecule has 132 heavy (non-hydrogen) atoms. The van der Waals surface area contributed by atoms with Crippen LogP contribution < -0.4 is 19.6 Å². The summed E-state index contributed by atoms with van der Waals surface area (Å²) < 4.78 is 0. The lowest BCUT2D eigenvalue weighted by molar-refractivity contribution is 0.756. The van der Waals surface area contributed by atoms with Gasteiger partial charge in [-0.3, -0.25) is 0 Å². The van der Waals surface area contributed by atoms with Gasteiger partial charge < -0.3 is 19.6 Å². The summed E-state index contributed by atoms with van der Waals surface area (Å²) in [5, 5.41) is 1.71. The van der Waals surface area contributed by atoms with Gasteiger partial charge in [0.1, 0.15) is 0 Å². The fourth-order valence-corrected chi connectivity index (χ4v) is 23.1. The highest BCUT2D eigenvalue weighted by Gasteiger charge is 2.47. The van der Waals surface area contributed by atoms with Gasteiger partial charge in [-0.25, -0.2) is 0 Å². The number of hydrogen-bond acceptors (Lipinski definition) is 4. The van der Waals surface area contributed by atoms with Gasteiger partial charge in [-0.1, -0.05) is 399 Å². The molecule has 7 heteroatoms. The second-order valence-corrected chi connectivity index (χ2v) is 36.3. The molecule has 0 aromatic heterocycles. The molecule has 4 bridgehead atoms. The van der Waals surface area contributed by atoms with Gasteiger partial charge in [-0.15, -0.1) is 0 Å².